The molecule has 1 aliphatic rings. The average molecular weight is 375 g/mol. The van der Waals surface area contributed by atoms with Crippen LogP contribution < -0.4 is 5.32 Å². The molecular formula is C20H25NO4S. The van der Waals surface area contributed by atoms with Crippen LogP contribution in [0.25, 0.3) is 0 Å². The summed E-state index contributed by atoms with van der Waals surface area (Å²) in [6, 6.07) is 6.67. The molecule has 140 valence electrons. The van der Waals surface area contributed by atoms with Crippen LogP contribution in [0.5, 0.6) is 0 Å². The Bertz CT molecular complexity index is 833. The smallest absolute Gasteiger partial charge is 0.251 e. The molecule has 0 bridgehead atoms. The van der Waals surface area contributed by atoms with Gasteiger partial charge in [-0.2, -0.15) is 0 Å². The van der Waals surface area contributed by atoms with Gasteiger partial charge in [-0.15, -0.1) is 0 Å². The van der Waals surface area contributed by atoms with Gasteiger partial charge < -0.3 is 5.32 Å². The highest BCUT2D eigenvalue weighted by Gasteiger charge is 2.22. The Hall–Kier alpha value is -2.21. The number of rotatable bonds is 7. The van der Waals surface area contributed by atoms with Crippen molar-refractivity contribution in [3.05, 3.63) is 53.6 Å². The highest BCUT2D eigenvalue weighted by molar-refractivity contribution is 7.91. The van der Waals surface area contributed by atoms with Crippen molar-refractivity contribution in [2.45, 2.75) is 44.6 Å². The summed E-state index contributed by atoms with van der Waals surface area (Å²) in [4.78, 5) is 24.5. The van der Waals surface area contributed by atoms with Gasteiger partial charge in [0, 0.05) is 24.0 Å². The van der Waals surface area contributed by atoms with Crippen molar-refractivity contribution in [3.63, 3.8) is 0 Å². The van der Waals surface area contributed by atoms with E-state index in [2.05, 4.69) is 5.32 Å². The minimum absolute atomic E-state index is 0.0351. The van der Waals surface area contributed by atoms with E-state index < -0.39 is 9.84 Å². The van der Waals surface area contributed by atoms with Crippen molar-refractivity contribution < 1.29 is 18.0 Å². The summed E-state index contributed by atoms with van der Waals surface area (Å²) in [7, 11) is -3.47. The maximum atomic E-state index is 12.3. The van der Waals surface area contributed by atoms with E-state index in [1.165, 1.54) is 0 Å². The summed E-state index contributed by atoms with van der Waals surface area (Å²) in [6.45, 7) is 5.65. The molecule has 0 radical (unpaired) electrons. The van der Waals surface area contributed by atoms with Gasteiger partial charge in [-0.1, -0.05) is 35.9 Å². The Kier molecular flexibility index (Phi) is 6.53. The lowest BCUT2D eigenvalue weighted by molar-refractivity contribution is -0.121. The highest BCUT2D eigenvalue weighted by atomic mass is 32.2. The lowest BCUT2D eigenvalue weighted by atomic mass is 9.91. The van der Waals surface area contributed by atoms with E-state index in [-0.39, 0.29) is 40.7 Å². The zero-order valence-corrected chi connectivity index (χ0v) is 16.2. The number of Topliss-reactive ketones (excluding diaryl/α,β-unsaturated/α-hetero) is 1. The van der Waals surface area contributed by atoms with Gasteiger partial charge in [0.15, 0.2) is 9.84 Å². The third kappa shape index (κ3) is 5.39. The molecule has 0 heterocycles. The SMILES string of the molecule is Cc1ccc(S(=O)(=O)CCC(=O)C2C=CC(C(=O)NC(C)C)=CC2)cc1. The van der Waals surface area contributed by atoms with Crippen LogP contribution in [-0.4, -0.2) is 31.9 Å². The second-order valence-corrected chi connectivity index (χ2v) is 8.95. The molecule has 0 saturated carbocycles. The van der Waals surface area contributed by atoms with E-state index in [1.807, 2.05) is 20.8 Å². The minimum Gasteiger partial charge on any atom is -0.350 e. The fourth-order valence-corrected chi connectivity index (χ4v) is 3.91. The number of nitrogens with one attached hydrogen (secondary N) is 1. The van der Waals surface area contributed by atoms with Crippen molar-refractivity contribution in [1.29, 1.82) is 0 Å². The summed E-state index contributed by atoms with van der Waals surface area (Å²) >= 11 is 0. The van der Waals surface area contributed by atoms with Crippen LogP contribution in [0.15, 0.2) is 53.0 Å². The number of carbonyl (C=O) groups excluding carboxylic acids is 2. The third-order valence-electron chi connectivity index (χ3n) is 4.19. The van der Waals surface area contributed by atoms with Gasteiger partial charge in [-0.25, -0.2) is 8.42 Å². The second-order valence-electron chi connectivity index (χ2n) is 6.84. The van der Waals surface area contributed by atoms with Crippen LogP contribution in [0.2, 0.25) is 0 Å². The zero-order valence-electron chi connectivity index (χ0n) is 15.4. The van der Waals surface area contributed by atoms with Crippen LogP contribution >= 0.6 is 0 Å². The molecule has 1 unspecified atom stereocenters. The minimum atomic E-state index is -3.47. The Morgan fingerprint density at radius 1 is 1.19 bits per heavy atom. The predicted molar refractivity (Wildman–Crippen MR) is 101 cm³/mol. The first-order chi connectivity index (χ1) is 12.2. The number of amides is 1. The number of aryl methyl sites for hydroxylation is 1. The number of benzene rings is 1. The molecule has 0 spiro atoms. The molecule has 5 nitrogen and oxygen atoms in total. The molecule has 6 heteroatoms. The first-order valence-electron chi connectivity index (χ1n) is 8.70. The van der Waals surface area contributed by atoms with Crippen LogP contribution in [0.4, 0.5) is 0 Å². The fourth-order valence-electron chi connectivity index (χ4n) is 2.66. The Morgan fingerprint density at radius 2 is 1.85 bits per heavy atom. The maximum Gasteiger partial charge on any atom is 0.251 e. The normalized spacial score (nSPS) is 17.1. The van der Waals surface area contributed by atoms with Gasteiger partial charge in [-0.3, -0.25) is 9.59 Å². The molecule has 0 aromatic heterocycles. The molecule has 26 heavy (non-hydrogen) atoms. The fraction of sp³-hybridized carbons (Fsp3) is 0.400. The lowest BCUT2D eigenvalue weighted by Gasteiger charge is -2.16. The number of carbonyl (C=O) groups is 2. The molecule has 2 rings (SSSR count). The highest BCUT2D eigenvalue weighted by Crippen LogP contribution is 2.20. The van der Waals surface area contributed by atoms with E-state index in [4.69, 9.17) is 0 Å². The summed E-state index contributed by atoms with van der Waals surface area (Å²) in [5.74, 6) is -0.872. The molecule has 1 N–H and O–H groups in total. The van der Waals surface area contributed by atoms with E-state index in [1.54, 1.807) is 42.5 Å². The molecule has 0 aliphatic heterocycles. The largest absolute Gasteiger partial charge is 0.350 e. The molecule has 1 aromatic rings. The van der Waals surface area contributed by atoms with Gasteiger partial charge >= 0.3 is 0 Å². The number of sulfone groups is 1. The van der Waals surface area contributed by atoms with E-state index >= 15 is 0 Å². The number of hydrogen-bond donors (Lipinski definition) is 1. The van der Waals surface area contributed by atoms with Crippen LogP contribution in [-0.2, 0) is 19.4 Å². The van der Waals surface area contributed by atoms with Crippen LogP contribution in [0.1, 0.15) is 32.3 Å². The predicted octanol–water partition coefficient (Wildman–Crippen LogP) is 2.76. The summed E-state index contributed by atoms with van der Waals surface area (Å²) in [5.41, 5.74) is 1.52. The standard InChI is InChI=1S/C20H25NO4S/c1-14(2)21-20(23)17-8-6-16(7-9-17)19(22)12-13-26(24,25)18-10-4-15(3)5-11-18/h4-6,8-11,14,16H,7,12-13H2,1-3H3,(H,21,23). The summed E-state index contributed by atoms with van der Waals surface area (Å²) < 4.78 is 24.7. The number of hydrogen-bond acceptors (Lipinski definition) is 4. The van der Waals surface area contributed by atoms with Gasteiger partial charge in [0.1, 0.15) is 5.78 Å². The van der Waals surface area contributed by atoms with Crippen molar-refractivity contribution >= 4 is 21.5 Å². The monoisotopic (exact) mass is 375 g/mol. The molecule has 0 saturated heterocycles. The van der Waals surface area contributed by atoms with Crippen LogP contribution in [0.3, 0.4) is 0 Å². The first kappa shape index (κ1) is 20.1. The Balaban J connectivity index is 1.91. The average Bonchev–Trinajstić information content (AvgIpc) is 2.59. The Labute approximate surface area is 155 Å². The van der Waals surface area contributed by atoms with E-state index in [0.717, 1.165) is 5.56 Å². The van der Waals surface area contributed by atoms with Gasteiger partial charge in [0.2, 0.25) is 0 Å². The van der Waals surface area contributed by atoms with Gasteiger partial charge in [0.05, 0.1) is 10.6 Å². The number of ketones is 1. The maximum absolute atomic E-state index is 12.3. The van der Waals surface area contributed by atoms with Crippen molar-refractivity contribution in [1.82, 2.24) is 5.32 Å². The molecule has 1 aliphatic carbocycles. The first-order valence-corrected chi connectivity index (χ1v) is 10.4. The summed E-state index contributed by atoms with van der Waals surface area (Å²) in [6.07, 6.45) is 5.44. The second kappa shape index (κ2) is 8.45. The zero-order chi connectivity index (χ0) is 19.3. The third-order valence-corrected chi connectivity index (χ3v) is 5.92. The topological polar surface area (TPSA) is 80.3 Å². The van der Waals surface area contributed by atoms with Gasteiger partial charge in [0.25, 0.3) is 5.91 Å². The van der Waals surface area contributed by atoms with Crippen LogP contribution in [0, 0.1) is 12.8 Å². The van der Waals surface area contributed by atoms with Crippen molar-refractivity contribution in [2.75, 3.05) is 5.75 Å². The quantitative estimate of drug-likeness (QED) is 0.795. The molecule has 1 atom stereocenters. The molecule has 0 fully saturated rings. The Morgan fingerprint density at radius 3 is 2.38 bits per heavy atom. The molecule has 1 amide bonds. The lowest BCUT2D eigenvalue weighted by Crippen LogP contribution is -2.31. The molecular weight excluding hydrogens is 350 g/mol. The number of allylic oxidation sites excluding steroid dienone is 2. The van der Waals surface area contributed by atoms with Crippen molar-refractivity contribution in [2.24, 2.45) is 5.92 Å². The molecule has 1 aromatic carbocycles. The van der Waals surface area contributed by atoms with Gasteiger partial charge in [-0.05, 0) is 39.3 Å². The van der Waals surface area contributed by atoms with Crippen molar-refractivity contribution in [3.8, 4) is 0 Å². The summed E-state index contributed by atoms with van der Waals surface area (Å²) in [5, 5.41) is 2.80. The van der Waals surface area contributed by atoms with E-state index in [9.17, 15) is 18.0 Å². The van der Waals surface area contributed by atoms with E-state index in [0.29, 0.717) is 12.0 Å².